The fourth-order valence-corrected chi connectivity index (χ4v) is 2.30. The van der Waals surface area contributed by atoms with Crippen molar-refractivity contribution in [3.05, 3.63) is 62.6 Å². The molecule has 1 unspecified atom stereocenters. The summed E-state index contributed by atoms with van der Waals surface area (Å²) in [4.78, 5) is 0. The monoisotopic (exact) mass is 316 g/mol. The molecule has 0 bridgehead atoms. The number of hydrogen-bond acceptors (Lipinski definition) is 2. The van der Waals surface area contributed by atoms with Crippen LogP contribution in [-0.4, -0.2) is 12.2 Å². The molecule has 0 aliphatic heterocycles. The van der Waals surface area contributed by atoms with Crippen LogP contribution < -0.4 is 4.74 Å². The highest BCUT2D eigenvalue weighted by molar-refractivity contribution is 6.42. The molecular weight excluding hydrogens is 307 g/mol. The van der Waals surface area contributed by atoms with Gasteiger partial charge in [-0.1, -0.05) is 46.9 Å². The molecule has 100 valence electrons. The van der Waals surface area contributed by atoms with Gasteiger partial charge in [0.15, 0.2) is 0 Å². The predicted molar refractivity (Wildman–Crippen MR) is 78.5 cm³/mol. The Morgan fingerprint density at radius 1 is 0.947 bits per heavy atom. The van der Waals surface area contributed by atoms with Gasteiger partial charge in [-0.2, -0.15) is 0 Å². The van der Waals surface area contributed by atoms with Crippen molar-refractivity contribution < 1.29 is 9.84 Å². The van der Waals surface area contributed by atoms with Gasteiger partial charge in [0.05, 0.1) is 22.2 Å². The van der Waals surface area contributed by atoms with Gasteiger partial charge in [-0.15, -0.1) is 0 Å². The summed E-state index contributed by atoms with van der Waals surface area (Å²) in [6.07, 6.45) is -0.867. The Hall–Kier alpha value is -0.930. The van der Waals surface area contributed by atoms with Gasteiger partial charge in [0.25, 0.3) is 0 Å². The average molecular weight is 318 g/mol. The Labute approximate surface area is 126 Å². The largest absolute Gasteiger partial charge is 0.497 e. The van der Waals surface area contributed by atoms with Crippen LogP contribution in [0.2, 0.25) is 15.1 Å². The summed E-state index contributed by atoms with van der Waals surface area (Å²) in [5.74, 6) is 0.634. The number of hydrogen-bond donors (Lipinski definition) is 1. The van der Waals surface area contributed by atoms with Crippen molar-refractivity contribution in [2.45, 2.75) is 6.10 Å². The molecule has 0 fully saturated rings. The Morgan fingerprint density at radius 2 is 1.68 bits per heavy atom. The first-order chi connectivity index (χ1) is 9.02. The van der Waals surface area contributed by atoms with E-state index in [0.717, 1.165) is 0 Å². The van der Waals surface area contributed by atoms with E-state index in [0.29, 0.717) is 31.9 Å². The fraction of sp³-hybridized carbons (Fsp3) is 0.143. The molecule has 0 spiro atoms. The van der Waals surface area contributed by atoms with E-state index in [1.165, 1.54) is 0 Å². The molecule has 0 aliphatic carbocycles. The van der Waals surface area contributed by atoms with Crippen molar-refractivity contribution in [1.82, 2.24) is 0 Å². The molecule has 2 aromatic carbocycles. The van der Waals surface area contributed by atoms with Gasteiger partial charge in [-0.25, -0.2) is 0 Å². The average Bonchev–Trinajstić information content (AvgIpc) is 2.41. The van der Waals surface area contributed by atoms with E-state index in [1.54, 1.807) is 43.5 Å². The van der Waals surface area contributed by atoms with E-state index < -0.39 is 6.10 Å². The molecule has 1 atom stereocenters. The number of rotatable bonds is 3. The van der Waals surface area contributed by atoms with E-state index in [4.69, 9.17) is 39.5 Å². The van der Waals surface area contributed by atoms with Gasteiger partial charge in [-0.3, -0.25) is 0 Å². The Bertz CT molecular complexity index is 599. The van der Waals surface area contributed by atoms with Gasteiger partial charge in [0.1, 0.15) is 11.9 Å². The van der Waals surface area contributed by atoms with Gasteiger partial charge >= 0.3 is 0 Å². The molecule has 0 aromatic heterocycles. The molecule has 0 aliphatic rings. The van der Waals surface area contributed by atoms with Crippen LogP contribution >= 0.6 is 34.8 Å². The number of benzene rings is 2. The summed E-state index contributed by atoms with van der Waals surface area (Å²) in [5.41, 5.74) is 1.21. The summed E-state index contributed by atoms with van der Waals surface area (Å²) in [5, 5.41) is 11.6. The van der Waals surface area contributed by atoms with Gasteiger partial charge in [0.2, 0.25) is 0 Å². The van der Waals surface area contributed by atoms with E-state index in [9.17, 15) is 5.11 Å². The second-order valence-corrected chi connectivity index (χ2v) is 5.19. The Morgan fingerprint density at radius 3 is 2.26 bits per heavy atom. The molecule has 0 amide bonds. The third-order valence-corrected chi connectivity index (χ3v) is 3.83. The van der Waals surface area contributed by atoms with Crippen LogP contribution in [0.5, 0.6) is 5.75 Å². The highest BCUT2D eigenvalue weighted by Crippen LogP contribution is 2.33. The molecule has 0 radical (unpaired) electrons. The van der Waals surface area contributed by atoms with Gasteiger partial charge < -0.3 is 9.84 Å². The highest BCUT2D eigenvalue weighted by atomic mass is 35.5. The van der Waals surface area contributed by atoms with E-state index in [1.807, 2.05) is 0 Å². The third kappa shape index (κ3) is 3.15. The minimum Gasteiger partial charge on any atom is -0.497 e. The Balaban J connectivity index is 2.38. The molecular formula is C14H11Cl3O2. The number of aliphatic hydroxyl groups excluding tert-OH is 1. The van der Waals surface area contributed by atoms with Crippen LogP contribution in [0.1, 0.15) is 17.2 Å². The van der Waals surface area contributed by atoms with Crippen LogP contribution in [0.3, 0.4) is 0 Å². The number of methoxy groups -OCH3 is 1. The van der Waals surface area contributed by atoms with Crippen LogP contribution in [0.4, 0.5) is 0 Å². The number of halogens is 3. The predicted octanol–water partition coefficient (Wildman–Crippen LogP) is 4.74. The standard InChI is InChI=1S/C14H11Cl3O2/c1-19-9-3-4-10(12(16)7-9)14(18)8-2-5-11(15)13(17)6-8/h2-7,14,18H,1H3. The summed E-state index contributed by atoms with van der Waals surface area (Å²) in [6, 6.07) is 10.1. The lowest BCUT2D eigenvalue weighted by Crippen LogP contribution is -2.01. The smallest absolute Gasteiger partial charge is 0.120 e. The molecule has 2 aromatic rings. The van der Waals surface area contributed by atoms with E-state index >= 15 is 0 Å². The van der Waals surface area contributed by atoms with Gasteiger partial charge in [-0.05, 0) is 29.8 Å². The summed E-state index contributed by atoms with van der Waals surface area (Å²) in [6.45, 7) is 0. The first-order valence-electron chi connectivity index (χ1n) is 5.49. The molecule has 19 heavy (non-hydrogen) atoms. The van der Waals surface area contributed by atoms with Crippen molar-refractivity contribution in [3.8, 4) is 5.75 Å². The molecule has 0 saturated heterocycles. The highest BCUT2D eigenvalue weighted by Gasteiger charge is 2.15. The van der Waals surface area contributed by atoms with Crippen molar-refractivity contribution in [1.29, 1.82) is 0 Å². The van der Waals surface area contributed by atoms with Crippen molar-refractivity contribution in [2.24, 2.45) is 0 Å². The van der Waals surface area contributed by atoms with Crippen molar-refractivity contribution >= 4 is 34.8 Å². The molecule has 2 nitrogen and oxygen atoms in total. The topological polar surface area (TPSA) is 29.5 Å². The molecule has 1 N–H and O–H groups in total. The number of ether oxygens (including phenoxy) is 1. The second-order valence-electron chi connectivity index (χ2n) is 3.96. The van der Waals surface area contributed by atoms with Crippen molar-refractivity contribution in [2.75, 3.05) is 7.11 Å². The lowest BCUT2D eigenvalue weighted by Gasteiger charge is -2.14. The fourth-order valence-electron chi connectivity index (χ4n) is 1.72. The summed E-state index contributed by atoms with van der Waals surface area (Å²) < 4.78 is 5.07. The third-order valence-electron chi connectivity index (χ3n) is 2.76. The second kappa shape index (κ2) is 6.02. The maximum Gasteiger partial charge on any atom is 0.120 e. The SMILES string of the molecule is COc1ccc(C(O)c2ccc(Cl)c(Cl)c2)c(Cl)c1. The quantitative estimate of drug-likeness (QED) is 0.886. The van der Waals surface area contributed by atoms with E-state index in [2.05, 4.69) is 0 Å². The molecule has 0 heterocycles. The first kappa shape index (κ1) is 14.5. The lowest BCUT2D eigenvalue weighted by molar-refractivity contribution is 0.220. The van der Waals surface area contributed by atoms with Crippen LogP contribution in [0, 0.1) is 0 Å². The van der Waals surface area contributed by atoms with Crippen LogP contribution in [-0.2, 0) is 0 Å². The van der Waals surface area contributed by atoms with Crippen LogP contribution in [0.25, 0.3) is 0 Å². The molecule has 0 saturated carbocycles. The first-order valence-corrected chi connectivity index (χ1v) is 6.62. The van der Waals surface area contributed by atoms with E-state index in [-0.39, 0.29) is 0 Å². The molecule has 5 heteroatoms. The van der Waals surface area contributed by atoms with Crippen molar-refractivity contribution in [3.63, 3.8) is 0 Å². The minimum absolute atomic E-state index is 0.392. The van der Waals surface area contributed by atoms with Gasteiger partial charge in [0, 0.05) is 5.56 Å². The normalized spacial score (nSPS) is 12.3. The molecule has 2 rings (SSSR count). The maximum absolute atomic E-state index is 10.3. The number of aliphatic hydroxyl groups is 1. The summed E-state index contributed by atoms with van der Waals surface area (Å²) >= 11 is 17.9. The Kier molecular flexibility index (Phi) is 4.58. The zero-order valence-electron chi connectivity index (χ0n) is 10.0. The maximum atomic E-state index is 10.3. The summed E-state index contributed by atoms with van der Waals surface area (Å²) in [7, 11) is 1.56. The lowest BCUT2D eigenvalue weighted by atomic mass is 10.0. The zero-order valence-corrected chi connectivity index (χ0v) is 12.3. The minimum atomic E-state index is -0.867. The zero-order chi connectivity index (χ0) is 14.0. The van der Waals surface area contributed by atoms with Crippen LogP contribution in [0.15, 0.2) is 36.4 Å².